The topological polar surface area (TPSA) is 66.4 Å². The third kappa shape index (κ3) is 7.02. The van der Waals surface area contributed by atoms with Crippen LogP contribution in [0.1, 0.15) is 18.4 Å². The first-order valence-corrected chi connectivity index (χ1v) is 7.65. The van der Waals surface area contributed by atoms with Crippen LogP contribution in [0, 0.1) is 11.8 Å². The van der Waals surface area contributed by atoms with Crippen LogP contribution in [-0.2, 0) is 10.0 Å². The molecule has 0 bridgehead atoms. The van der Waals surface area contributed by atoms with Gasteiger partial charge in [0.2, 0.25) is 10.0 Å². The lowest BCUT2D eigenvalue weighted by Crippen LogP contribution is -2.19. The second kappa shape index (κ2) is 7.33. The van der Waals surface area contributed by atoms with Crippen molar-refractivity contribution in [3.8, 4) is 11.8 Å². The zero-order valence-electron chi connectivity index (χ0n) is 10.9. The molecule has 0 aliphatic carbocycles. The number of para-hydroxylation sites is 1. The number of hydrogen-bond acceptors (Lipinski definition) is 3. The third-order valence-corrected chi connectivity index (χ3v) is 3.73. The summed E-state index contributed by atoms with van der Waals surface area (Å²) in [6.07, 6.45) is -6.04. The smallest absolute Gasteiger partial charge is 0.384 e. The van der Waals surface area contributed by atoms with E-state index in [-0.39, 0.29) is 12.3 Å². The lowest BCUT2D eigenvalue weighted by molar-refractivity contribution is -0.134. The van der Waals surface area contributed by atoms with E-state index >= 15 is 0 Å². The van der Waals surface area contributed by atoms with Gasteiger partial charge in [0.05, 0.1) is 11.4 Å². The highest BCUT2D eigenvalue weighted by Crippen LogP contribution is 2.22. The van der Waals surface area contributed by atoms with Gasteiger partial charge in [0, 0.05) is 12.0 Å². The zero-order chi connectivity index (χ0) is 15.9. The first-order chi connectivity index (χ1) is 9.73. The van der Waals surface area contributed by atoms with Gasteiger partial charge >= 0.3 is 6.18 Å². The molecule has 0 spiro atoms. The molecule has 0 heterocycles. The summed E-state index contributed by atoms with van der Waals surface area (Å²) in [6, 6.07) is 6.18. The van der Waals surface area contributed by atoms with Gasteiger partial charge < -0.3 is 5.11 Å². The van der Waals surface area contributed by atoms with E-state index in [1.165, 1.54) is 12.1 Å². The number of sulfonamides is 1. The predicted octanol–water partition coefficient (Wildman–Crippen LogP) is 2.11. The Balaban J connectivity index is 2.76. The molecule has 116 valence electrons. The minimum Gasteiger partial charge on any atom is -0.384 e. The summed E-state index contributed by atoms with van der Waals surface area (Å²) in [5, 5.41) is 8.62. The Labute approximate surface area is 121 Å². The van der Waals surface area contributed by atoms with Gasteiger partial charge in [-0.15, -0.1) is 0 Å². The monoisotopic (exact) mass is 321 g/mol. The predicted molar refractivity (Wildman–Crippen MR) is 73.1 cm³/mol. The number of aliphatic hydroxyl groups excluding tert-OH is 1. The Morgan fingerprint density at radius 2 is 1.90 bits per heavy atom. The number of aliphatic hydroxyl groups is 1. The van der Waals surface area contributed by atoms with Crippen LogP contribution in [0.2, 0.25) is 0 Å². The van der Waals surface area contributed by atoms with Crippen molar-refractivity contribution >= 4 is 15.7 Å². The SMILES string of the molecule is O=S(=O)(CCCC(F)(F)F)Nc1ccccc1C#CCO. The van der Waals surface area contributed by atoms with Gasteiger partial charge in [-0.1, -0.05) is 24.0 Å². The average Bonchev–Trinajstić information content (AvgIpc) is 2.35. The lowest BCUT2D eigenvalue weighted by Gasteiger charge is -2.10. The molecular weight excluding hydrogens is 307 g/mol. The highest BCUT2D eigenvalue weighted by molar-refractivity contribution is 7.92. The summed E-state index contributed by atoms with van der Waals surface area (Å²) in [4.78, 5) is 0. The van der Waals surface area contributed by atoms with Crippen LogP contribution in [0.25, 0.3) is 0 Å². The van der Waals surface area contributed by atoms with Crippen molar-refractivity contribution in [2.45, 2.75) is 19.0 Å². The molecule has 1 aromatic carbocycles. The standard InChI is InChI=1S/C13H14F3NO3S/c14-13(15,16)8-4-10-21(19,20)17-12-7-2-1-5-11(12)6-3-9-18/h1-2,5,7,17-18H,4,8-10H2. The van der Waals surface area contributed by atoms with E-state index in [1.807, 2.05) is 0 Å². The number of rotatable bonds is 5. The Kier molecular flexibility index (Phi) is 6.05. The van der Waals surface area contributed by atoms with Gasteiger partial charge in [-0.25, -0.2) is 8.42 Å². The van der Waals surface area contributed by atoms with Crippen LogP contribution < -0.4 is 4.72 Å². The number of nitrogens with one attached hydrogen (secondary N) is 1. The molecule has 21 heavy (non-hydrogen) atoms. The largest absolute Gasteiger partial charge is 0.389 e. The molecule has 0 unspecified atom stereocenters. The maximum absolute atomic E-state index is 12.0. The second-order valence-corrected chi connectivity index (χ2v) is 5.99. The van der Waals surface area contributed by atoms with E-state index in [0.29, 0.717) is 5.56 Å². The van der Waals surface area contributed by atoms with Crippen molar-refractivity contribution in [2.75, 3.05) is 17.1 Å². The maximum atomic E-state index is 12.0. The number of hydrogen-bond donors (Lipinski definition) is 2. The van der Waals surface area contributed by atoms with E-state index in [9.17, 15) is 21.6 Å². The summed E-state index contributed by atoms with van der Waals surface area (Å²) in [6.45, 7) is -0.382. The van der Waals surface area contributed by atoms with Crippen molar-refractivity contribution in [1.82, 2.24) is 0 Å². The van der Waals surface area contributed by atoms with E-state index in [4.69, 9.17) is 5.11 Å². The fourth-order valence-corrected chi connectivity index (χ4v) is 2.64. The Bertz CT molecular complexity index is 630. The molecule has 2 N–H and O–H groups in total. The third-order valence-electron chi connectivity index (χ3n) is 2.37. The van der Waals surface area contributed by atoms with Crippen molar-refractivity contribution in [2.24, 2.45) is 0 Å². The zero-order valence-corrected chi connectivity index (χ0v) is 11.8. The van der Waals surface area contributed by atoms with Crippen molar-refractivity contribution < 1.29 is 26.7 Å². The first-order valence-electron chi connectivity index (χ1n) is 5.99. The number of benzene rings is 1. The molecule has 4 nitrogen and oxygen atoms in total. The fourth-order valence-electron chi connectivity index (χ4n) is 1.50. The van der Waals surface area contributed by atoms with Crippen LogP contribution in [0.5, 0.6) is 0 Å². The van der Waals surface area contributed by atoms with Gasteiger partial charge in [0.15, 0.2) is 0 Å². The van der Waals surface area contributed by atoms with E-state index in [1.54, 1.807) is 12.1 Å². The van der Waals surface area contributed by atoms with Crippen LogP contribution in [0.3, 0.4) is 0 Å². The highest BCUT2D eigenvalue weighted by Gasteiger charge is 2.27. The summed E-state index contributed by atoms with van der Waals surface area (Å²) < 4.78 is 61.7. The molecule has 0 saturated carbocycles. The average molecular weight is 321 g/mol. The van der Waals surface area contributed by atoms with Crippen molar-refractivity contribution in [3.63, 3.8) is 0 Å². The molecule has 0 aliphatic heterocycles. The van der Waals surface area contributed by atoms with Crippen molar-refractivity contribution in [3.05, 3.63) is 29.8 Å². The summed E-state index contributed by atoms with van der Waals surface area (Å²) in [7, 11) is -3.88. The molecule has 0 radical (unpaired) electrons. The molecule has 0 saturated heterocycles. The van der Waals surface area contributed by atoms with Crippen molar-refractivity contribution in [1.29, 1.82) is 0 Å². The first kappa shape index (κ1) is 17.3. The van der Waals surface area contributed by atoms with Gasteiger partial charge in [-0.05, 0) is 18.6 Å². The lowest BCUT2D eigenvalue weighted by atomic mass is 10.2. The molecule has 0 fully saturated rings. The van der Waals surface area contributed by atoms with Crippen LogP contribution in [0.15, 0.2) is 24.3 Å². The molecule has 0 amide bonds. The van der Waals surface area contributed by atoms with Crippen LogP contribution >= 0.6 is 0 Å². The second-order valence-electron chi connectivity index (χ2n) is 4.15. The normalized spacial score (nSPS) is 11.6. The van der Waals surface area contributed by atoms with Crippen LogP contribution in [0.4, 0.5) is 18.9 Å². The van der Waals surface area contributed by atoms with Gasteiger partial charge in [-0.2, -0.15) is 13.2 Å². The molecule has 8 heteroatoms. The summed E-state index contributed by atoms with van der Waals surface area (Å²) >= 11 is 0. The number of alkyl halides is 3. The Hall–Kier alpha value is -1.72. The Morgan fingerprint density at radius 3 is 2.52 bits per heavy atom. The quantitative estimate of drug-likeness (QED) is 0.816. The number of halogens is 3. The van der Waals surface area contributed by atoms with E-state index in [0.717, 1.165) is 0 Å². The molecule has 0 aromatic heterocycles. The summed E-state index contributed by atoms with van der Waals surface area (Å²) in [5.74, 6) is 4.30. The number of anilines is 1. The van der Waals surface area contributed by atoms with E-state index < -0.39 is 34.8 Å². The minimum absolute atomic E-state index is 0.172. The molecule has 1 aromatic rings. The summed E-state index contributed by atoms with van der Waals surface area (Å²) in [5.41, 5.74) is 0.511. The molecule has 0 atom stereocenters. The molecule has 1 rings (SSSR count). The van der Waals surface area contributed by atoms with Gasteiger partial charge in [0.1, 0.15) is 6.61 Å². The fraction of sp³-hybridized carbons (Fsp3) is 0.385. The van der Waals surface area contributed by atoms with Gasteiger partial charge in [-0.3, -0.25) is 4.72 Å². The Morgan fingerprint density at radius 1 is 1.24 bits per heavy atom. The highest BCUT2D eigenvalue weighted by atomic mass is 32.2. The molecular formula is C13H14F3NO3S. The van der Waals surface area contributed by atoms with E-state index in [2.05, 4.69) is 16.6 Å². The van der Waals surface area contributed by atoms with Crippen LogP contribution in [-0.4, -0.2) is 32.1 Å². The maximum Gasteiger partial charge on any atom is 0.389 e. The minimum atomic E-state index is -4.37. The molecule has 0 aliphatic rings. The van der Waals surface area contributed by atoms with Gasteiger partial charge in [0.25, 0.3) is 0 Å².